The number of nitrogens with zero attached hydrogens (tertiary/aromatic N) is 2. The molecule has 0 fully saturated rings. The molecule has 9 nitrogen and oxygen atoms in total. The topological polar surface area (TPSA) is 111 Å². The van der Waals surface area contributed by atoms with E-state index in [1.165, 1.54) is 42.8 Å². The Balaban J connectivity index is 1.73. The number of thiazole rings is 1. The highest BCUT2D eigenvalue weighted by Gasteiger charge is 2.47. The summed E-state index contributed by atoms with van der Waals surface area (Å²) in [5, 5.41) is 11.2. The van der Waals surface area contributed by atoms with Gasteiger partial charge in [-0.05, 0) is 36.4 Å². The van der Waals surface area contributed by atoms with Crippen LogP contribution in [0.5, 0.6) is 17.2 Å². The molecule has 2 aromatic carbocycles. The highest BCUT2D eigenvalue weighted by Crippen LogP contribution is 2.48. The summed E-state index contributed by atoms with van der Waals surface area (Å²) in [6, 6.07) is 12.4. The lowest BCUT2D eigenvalue weighted by Gasteiger charge is -2.26. The number of Topliss-reactive ketones (excluding diaryl/α,β-unsaturated/α-hetero) is 1. The van der Waals surface area contributed by atoms with Gasteiger partial charge in [0.05, 0.1) is 43.4 Å². The number of anilines is 1. The molecule has 35 heavy (non-hydrogen) atoms. The first kappa shape index (κ1) is 22.5. The molecular weight excluding hydrogens is 472 g/mol. The number of aliphatic hydroxyl groups is 1. The standard InChI is InChI=1S/C25H20N2O7S/c1-31-13-9-10-15-18(12-13)35-25(26-15)27-20(14-6-4-7-17(32-2)23(14)33-3)19(22(29)24(27)30)21(28)16-8-5-11-34-16/h4-12,20,29H,1-3H3/t20-/m0/s1. The smallest absolute Gasteiger partial charge is 0.296 e. The predicted octanol–water partition coefficient (Wildman–Crippen LogP) is 4.70. The Morgan fingerprint density at radius 1 is 1.09 bits per heavy atom. The summed E-state index contributed by atoms with van der Waals surface area (Å²) in [7, 11) is 4.51. The molecule has 1 atom stereocenters. The molecule has 5 rings (SSSR count). The van der Waals surface area contributed by atoms with Gasteiger partial charge in [0.1, 0.15) is 11.8 Å². The van der Waals surface area contributed by atoms with Crippen LogP contribution in [0.4, 0.5) is 5.13 Å². The van der Waals surface area contributed by atoms with Gasteiger partial charge in [0.15, 0.2) is 28.1 Å². The molecule has 2 aromatic heterocycles. The van der Waals surface area contributed by atoms with Crippen LogP contribution in [0.1, 0.15) is 22.2 Å². The van der Waals surface area contributed by atoms with Gasteiger partial charge < -0.3 is 23.7 Å². The largest absolute Gasteiger partial charge is 0.503 e. The van der Waals surface area contributed by atoms with E-state index >= 15 is 0 Å². The zero-order valence-electron chi connectivity index (χ0n) is 19.0. The van der Waals surface area contributed by atoms with Crippen LogP contribution in [0.25, 0.3) is 10.2 Å². The number of hydrogen-bond acceptors (Lipinski definition) is 9. The molecular formula is C25H20N2O7S. The number of rotatable bonds is 7. The van der Waals surface area contributed by atoms with Crippen LogP contribution in [-0.2, 0) is 4.79 Å². The number of amides is 1. The highest BCUT2D eigenvalue weighted by atomic mass is 32.1. The number of hydrogen-bond donors (Lipinski definition) is 1. The first-order valence-electron chi connectivity index (χ1n) is 10.5. The minimum Gasteiger partial charge on any atom is -0.503 e. The molecule has 3 heterocycles. The number of carbonyl (C=O) groups is 2. The van der Waals surface area contributed by atoms with Crippen molar-refractivity contribution >= 4 is 38.4 Å². The van der Waals surface area contributed by atoms with Crippen molar-refractivity contribution in [1.29, 1.82) is 0 Å². The third kappa shape index (κ3) is 3.58. The van der Waals surface area contributed by atoms with Crippen LogP contribution in [0, 0.1) is 0 Å². The van der Waals surface area contributed by atoms with E-state index in [0.29, 0.717) is 33.5 Å². The van der Waals surface area contributed by atoms with Gasteiger partial charge in [0.2, 0.25) is 5.78 Å². The summed E-state index contributed by atoms with van der Waals surface area (Å²) in [5.41, 5.74) is 0.935. The van der Waals surface area contributed by atoms with Crippen molar-refractivity contribution in [2.75, 3.05) is 26.2 Å². The molecule has 0 bridgehead atoms. The van der Waals surface area contributed by atoms with Crippen LogP contribution >= 0.6 is 11.3 Å². The molecule has 1 aliphatic heterocycles. The van der Waals surface area contributed by atoms with E-state index in [1.807, 2.05) is 0 Å². The Hall–Kier alpha value is -4.31. The van der Waals surface area contributed by atoms with Gasteiger partial charge in [-0.1, -0.05) is 23.5 Å². The average molecular weight is 493 g/mol. The van der Waals surface area contributed by atoms with Gasteiger partial charge >= 0.3 is 0 Å². The van der Waals surface area contributed by atoms with Crippen LogP contribution < -0.4 is 19.1 Å². The second-order valence-corrected chi connectivity index (χ2v) is 8.57. The molecule has 0 aliphatic carbocycles. The molecule has 0 saturated heterocycles. The number of para-hydroxylation sites is 1. The molecule has 0 saturated carbocycles. The lowest BCUT2D eigenvalue weighted by molar-refractivity contribution is -0.117. The SMILES string of the molecule is COc1ccc2nc(N3C(=O)C(O)=C(C(=O)c4ccco4)[C@@H]3c3cccc(OC)c3OC)sc2c1. The fraction of sp³-hybridized carbons (Fsp3) is 0.160. The minimum atomic E-state index is -1.05. The fourth-order valence-electron chi connectivity index (χ4n) is 4.12. The van der Waals surface area contributed by atoms with Crippen molar-refractivity contribution in [1.82, 2.24) is 4.98 Å². The normalized spacial score (nSPS) is 15.7. The maximum absolute atomic E-state index is 13.4. The quantitative estimate of drug-likeness (QED) is 0.370. The van der Waals surface area contributed by atoms with Gasteiger partial charge in [-0.2, -0.15) is 0 Å². The predicted molar refractivity (Wildman–Crippen MR) is 129 cm³/mol. The van der Waals surface area contributed by atoms with Gasteiger partial charge in [0.25, 0.3) is 5.91 Å². The van der Waals surface area contributed by atoms with Crippen molar-refractivity contribution in [3.63, 3.8) is 0 Å². The van der Waals surface area contributed by atoms with Gasteiger partial charge in [-0.3, -0.25) is 14.5 Å². The van der Waals surface area contributed by atoms with E-state index in [0.717, 1.165) is 4.70 Å². The summed E-state index contributed by atoms with van der Waals surface area (Å²) in [4.78, 5) is 32.8. The lowest BCUT2D eigenvalue weighted by atomic mass is 9.94. The minimum absolute atomic E-state index is 0.0119. The number of carbonyl (C=O) groups excluding carboxylic acids is 2. The zero-order valence-corrected chi connectivity index (χ0v) is 19.8. The monoisotopic (exact) mass is 492 g/mol. The molecule has 0 radical (unpaired) electrons. The summed E-state index contributed by atoms with van der Waals surface area (Å²) in [6.45, 7) is 0. The van der Waals surface area contributed by atoms with Gasteiger partial charge in [-0.15, -0.1) is 0 Å². The molecule has 0 unspecified atom stereocenters. The molecule has 10 heteroatoms. The van der Waals surface area contributed by atoms with Crippen LogP contribution in [0.15, 0.2) is 70.5 Å². The average Bonchev–Trinajstić information content (AvgIpc) is 3.61. The molecule has 1 amide bonds. The number of aromatic nitrogens is 1. The van der Waals surface area contributed by atoms with Crippen molar-refractivity contribution in [3.05, 3.63) is 77.5 Å². The second kappa shape index (κ2) is 8.80. The molecule has 1 aliphatic rings. The molecule has 178 valence electrons. The van der Waals surface area contributed by atoms with Crippen molar-refractivity contribution < 1.29 is 33.3 Å². The first-order valence-corrected chi connectivity index (χ1v) is 11.3. The zero-order chi connectivity index (χ0) is 24.7. The molecule has 0 spiro atoms. The summed E-state index contributed by atoms with van der Waals surface area (Å²) in [5.74, 6) is -0.717. The summed E-state index contributed by atoms with van der Waals surface area (Å²) in [6.07, 6.45) is 1.35. The number of fused-ring (bicyclic) bond motifs is 1. The van der Waals surface area contributed by atoms with Crippen molar-refractivity contribution in [2.24, 2.45) is 0 Å². The second-order valence-electron chi connectivity index (χ2n) is 7.56. The number of benzene rings is 2. The lowest BCUT2D eigenvalue weighted by Crippen LogP contribution is -2.31. The van der Waals surface area contributed by atoms with Crippen LogP contribution in [-0.4, -0.2) is 43.1 Å². The number of ether oxygens (including phenoxy) is 3. The van der Waals surface area contributed by atoms with E-state index in [2.05, 4.69) is 4.98 Å². The van der Waals surface area contributed by atoms with Gasteiger partial charge in [-0.25, -0.2) is 4.98 Å². The summed E-state index contributed by atoms with van der Waals surface area (Å²) < 4.78 is 22.4. The number of aliphatic hydroxyl groups excluding tert-OH is 1. The van der Waals surface area contributed by atoms with E-state index in [1.54, 1.807) is 49.6 Å². The fourth-order valence-corrected chi connectivity index (χ4v) is 5.14. The Kier molecular flexibility index (Phi) is 5.65. The van der Waals surface area contributed by atoms with E-state index in [-0.39, 0.29) is 11.3 Å². The maximum Gasteiger partial charge on any atom is 0.296 e. The van der Waals surface area contributed by atoms with Gasteiger partial charge in [0, 0.05) is 5.56 Å². The third-order valence-corrected chi connectivity index (χ3v) is 6.73. The number of methoxy groups -OCH3 is 3. The van der Waals surface area contributed by atoms with Crippen molar-refractivity contribution in [2.45, 2.75) is 6.04 Å². The molecule has 4 aromatic rings. The molecule has 1 N–H and O–H groups in total. The Morgan fingerprint density at radius 2 is 1.91 bits per heavy atom. The first-order chi connectivity index (χ1) is 17.0. The van der Waals surface area contributed by atoms with Crippen molar-refractivity contribution in [3.8, 4) is 17.2 Å². The number of ketones is 1. The Morgan fingerprint density at radius 3 is 2.60 bits per heavy atom. The van der Waals surface area contributed by atoms with Crippen LogP contribution in [0.3, 0.4) is 0 Å². The Labute approximate surface area is 203 Å². The third-order valence-electron chi connectivity index (χ3n) is 5.72. The van der Waals surface area contributed by atoms with Crippen LogP contribution in [0.2, 0.25) is 0 Å². The van der Waals surface area contributed by atoms with E-state index in [9.17, 15) is 14.7 Å². The van der Waals surface area contributed by atoms with E-state index < -0.39 is 23.5 Å². The Bertz CT molecular complexity index is 1470. The highest BCUT2D eigenvalue weighted by molar-refractivity contribution is 7.22. The van der Waals surface area contributed by atoms with E-state index in [4.69, 9.17) is 18.6 Å². The number of furan rings is 1. The maximum atomic E-state index is 13.4. The summed E-state index contributed by atoms with van der Waals surface area (Å²) >= 11 is 1.23.